The van der Waals surface area contributed by atoms with Crippen molar-refractivity contribution in [3.05, 3.63) is 0 Å². The molecule has 0 rings (SSSR count). The van der Waals surface area contributed by atoms with Crippen LogP contribution in [0.15, 0.2) is 0 Å². The van der Waals surface area contributed by atoms with Gasteiger partial charge in [0.25, 0.3) is 0 Å². The first kappa shape index (κ1) is 11.2. The summed E-state index contributed by atoms with van der Waals surface area (Å²) in [4.78, 5) is 11.3. The summed E-state index contributed by atoms with van der Waals surface area (Å²) in [5, 5.41) is 0. The Balaban J connectivity index is 3.02. The molecule has 0 saturated carbocycles. The third kappa shape index (κ3) is 10.2. The summed E-state index contributed by atoms with van der Waals surface area (Å²) in [7, 11) is -1.97. The van der Waals surface area contributed by atoms with Crippen molar-refractivity contribution < 1.29 is 4.80 Å². The molecule has 0 unspecified atom stereocenters. The number of hydrogen-bond acceptors (Lipinski definition) is 0. The Labute approximate surface area is 72.0 Å². The lowest BCUT2D eigenvalue weighted by Gasteiger charge is -2.09. The molecule has 0 heterocycles. The van der Waals surface area contributed by atoms with E-state index in [1.165, 1.54) is 32.1 Å². The summed E-state index contributed by atoms with van der Waals surface area (Å²) in [5.41, 5.74) is 0. The van der Waals surface area contributed by atoms with Crippen LogP contribution in [0.2, 0.25) is 19.1 Å². The molecule has 0 fully saturated rings. The van der Waals surface area contributed by atoms with Gasteiger partial charge in [0.05, 0.1) is 0 Å². The van der Waals surface area contributed by atoms with Crippen LogP contribution >= 0.6 is 0 Å². The van der Waals surface area contributed by atoms with E-state index in [4.69, 9.17) is 0 Å². The summed E-state index contributed by atoms with van der Waals surface area (Å²) in [6.45, 7) is 6.03. The maximum atomic E-state index is 11.3. The molecule has 0 aliphatic carbocycles. The van der Waals surface area contributed by atoms with Crippen molar-refractivity contribution in [2.75, 3.05) is 0 Å². The molecule has 0 aromatic rings. The minimum Gasteiger partial charge on any atom is -0.298 e. The second kappa shape index (κ2) is 5.78. The van der Waals surface area contributed by atoms with Crippen LogP contribution in [0.1, 0.15) is 39.0 Å². The molecule has 0 atom stereocenters. The third-order valence-electron chi connectivity index (χ3n) is 1.88. The summed E-state index contributed by atoms with van der Waals surface area (Å²) in [5.74, 6) is 0. The Kier molecular flexibility index (Phi) is 5.87. The van der Waals surface area contributed by atoms with E-state index in [2.05, 4.69) is 6.92 Å². The predicted octanol–water partition coefficient (Wildman–Crippen LogP) is 3.59. The van der Waals surface area contributed by atoms with Crippen LogP contribution < -0.4 is 0 Å². The van der Waals surface area contributed by atoms with Gasteiger partial charge in [0.2, 0.25) is 8.32 Å². The lowest BCUT2D eigenvalue weighted by Crippen LogP contribution is -2.21. The van der Waals surface area contributed by atoms with Gasteiger partial charge in [-0.05, 0) is 19.1 Å². The lowest BCUT2D eigenvalue weighted by molar-refractivity contribution is 0.424. The van der Waals surface area contributed by atoms with Crippen LogP contribution in [0.25, 0.3) is 0 Å². The highest BCUT2D eigenvalue weighted by Gasteiger charge is 2.18. The van der Waals surface area contributed by atoms with Gasteiger partial charge in [-0.15, -0.1) is 0 Å². The molecule has 0 saturated heterocycles. The van der Waals surface area contributed by atoms with Gasteiger partial charge in [-0.25, -0.2) is 0 Å². The lowest BCUT2D eigenvalue weighted by atomic mass is 10.2. The molecule has 2 heteroatoms. The zero-order valence-electron chi connectivity index (χ0n) is 8.15. The molecule has 67 valence electrons. The molecule has 0 N–H and O–H groups in total. The molecule has 0 aromatic heterocycles. The Morgan fingerprint density at radius 2 is 1.55 bits per heavy atom. The van der Waals surface area contributed by atoms with E-state index < -0.39 is 8.32 Å². The van der Waals surface area contributed by atoms with Gasteiger partial charge in [-0.1, -0.05) is 39.0 Å². The molecular weight excluding hydrogens is 152 g/mol. The smallest absolute Gasteiger partial charge is 0.231 e. The summed E-state index contributed by atoms with van der Waals surface area (Å²) in [6, 6.07) is 0.969. The van der Waals surface area contributed by atoms with Crippen LogP contribution in [-0.2, 0) is 4.80 Å². The van der Waals surface area contributed by atoms with Gasteiger partial charge in [-0.2, -0.15) is 0 Å². The van der Waals surface area contributed by atoms with Crippen LogP contribution in [0.3, 0.4) is 0 Å². The SMILES string of the molecule is CCCCCCC[Si](C)(C)[O]. The van der Waals surface area contributed by atoms with Crippen LogP contribution in [0.4, 0.5) is 0 Å². The molecule has 0 amide bonds. The topological polar surface area (TPSA) is 19.9 Å². The first-order valence-corrected chi connectivity index (χ1v) is 7.88. The summed E-state index contributed by atoms with van der Waals surface area (Å²) in [6.07, 6.45) is 6.38. The highest BCUT2D eigenvalue weighted by Crippen LogP contribution is 2.13. The first-order valence-electron chi connectivity index (χ1n) is 4.76. The van der Waals surface area contributed by atoms with Crippen LogP contribution in [-0.4, -0.2) is 8.32 Å². The quantitative estimate of drug-likeness (QED) is 0.432. The fourth-order valence-electron chi connectivity index (χ4n) is 1.15. The van der Waals surface area contributed by atoms with Gasteiger partial charge in [0.15, 0.2) is 0 Å². The maximum absolute atomic E-state index is 11.3. The van der Waals surface area contributed by atoms with Crippen molar-refractivity contribution in [1.29, 1.82) is 0 Å². The van der Waals surface area contributed by atoms with Crippen LogP contribution in [0.5, 0.6) is 0 Å². The predicted molar refractivity (Wildman–Crippen MR) is 51.7 cm³/mol. The van der Waals surface area contributed by atoms with Crippen molar-refractivity contribution in [2.45, 2.75) is 58.2 Å². The third-order valence-corrected chi connectivity index (χ3v) is 3.44. The fourth-order valence-corrected chi connectivity index (χ4v) is 2.26. The van der Waals surface area contributed by atoms with E-state index in [0.29, 0.717) is 0 Å². The standard InChI is InChI=1S/C9H21OSi/c1-4-5-6-7-8-9-11(2,3)10/h4-9H2,1-3H3. The Hall–Kier alpha value is 0.177. The maximum Gasteiger partial charge on any atom is 0.231 e. The highest BCUT2D eigenvalue weighted by atomic mass is 28.4. The second-order valence-corrected chi connectivity index (χ2v) is 7.94. The average molecular weight is 173 g/mol. The van der Waals surface area contributed by atoms with E-state index in [1.54, 1.807) is 0 Å². The first-order chi connectivity index (χ1) is 5.06. The van der Waals surface area contributed by atoms with Crippen molar-refractivity contribution in [3.8, 4) is 0 Å². The largest absolute Gasteiger partial charge is 0.298 e. The van der Waals surface area contributed by atoms with E-state index in [1.807, 2.05) is 13.1 Å². The van der Waals surface area contributed by atoms with Gasteiger partial charge < -0.3 is 0 Å². The van der Waals surface area contributed by atoms with Crippen molar-refractivity contribution in [3.63, 3.8) is 0 Å². The highest BCUT2D eigenvalue weighted by molar-refractivity contribution is 6.69. The van der Waals surface area contributed by atoms with Crippen molar-refractivity contribution in [1.82, 2.24) is 0 Å². The molecule has 0 aliphatic rings. The zero-order valence-corrected chi connectivity index (χ0v) is 9.15. The Bertz CT molecular complexity index is 86.1. The molecule has 0 spiro atoms. The van der Waals surface area contributed by atoms with Crippen LogP contribution in [0, 0.1) is 0 Å². The molecule has 1 nitrogen and oxygen atoms in total. The normalized spacial score (nSPS) is 12.0. The minimum atomic E-state index is -1.97. The number of rotatable bonds is 6. The van der Waals surface area contributed by atoms with Gasteiger partial charge in [0, 0.05) is 0 Å². The van der Waals surface area contributed by atoms with Gasteiger partial charge >= 0.3 is 0 Å². The summed E-state index contributed by atoms with van der Waals surface area (Å²) < 4.78 is 0. The van der Waals surface area contributed by atoms with E-state index in [9.17, 15) is 4.80 Å². The van der Waals surface area contributed by atoms with Gasteiger partial charge in [-0.3, -0.25) is 4.80 Å². The monoisotopic (exact) mass is 173 g/mol. The molecule has 0 bridgehead atoms. The number of unbranched alkanes of at least 4 members (excludes halogenated alkanes) is 4. The van der Waals surface area contributed by atoms with Crippen molar-refractivity contribution >= 4 is 8.32 Å². The zero-order chi connectivity index (χ0) is 8.74. The summed E-state index contributed by atoms with van der Waals surface area (Å²) >= 11 is 0. The number of hydrogen-bond donors (Lipinski definition) is 0. The fraction of sp³-hybridized carbons (Fsp3) is 1.00. The van der Waals surface area contributed by atoms with E-state index >= 15 is 0 Å². The van der Waals surface area contributed by atoms with Crippen molar-refractivity contribution in [2.24, 2.45) is 0 Å². The van der Waals surface area contributed by atoms with E-state index in [0.717, 1.165) is 6.04 Å². The van der Waals surface area contributed by atoms with Gasteiger partial charge in [0.1, 0.15) is 0 Å². The molecule has 0 aromatic carbocycles. The Morgan fingerprint density at radius 3 is 2.00 bits per heavy atom. The molecule has 1 radical (unpaired) electrons. The average Bonchev–Trinajstić information content (AvgIpc) is 1.85. The molecule has 11 heavy (non-hydrogen) atoms. The molecule has 0 aliphatic heterocycles. The second-order valence-electron chi connectivity index (χ2n) is 3.92. The van der Waals surface area contributed by atoms with E-state index in [-0.39, 0.29) is 0 Å². The Morgan fingerprint density at radius 1 is 1.00 bits per heavy atom. The molecular formula is C9H21OSi. The minimum absolute atomic E-state index is 0.969.